The number of aromatic nitrogens is 2. The van der Waals surface area contributed by atoms with Crippen LogP contribution in [0.25, 0.3) is 0 Å². The van der Waals surface area contributed by atoms with E-state index in [1.165, 1.54) is 11.9 Å². The Hall–Kier alpha value is -1.55. The van der Waals surface area contributed by atoms with Gasteiger partial charge >= 0.3 is 0 Å². The maximum Gasteiger partial charge on any atom is 0.127 e. The molecular weight excluding hydrogens is 206 g/mol. The molecule has 2 rings (SSSR count). The third-order valence-electron chi connectivity index (χ3n) is 1.89. The van der Waals surface area contributed by atoms with E-state index >= 15 is 0 Å². The van der Waals surface area contributed by atoms with Crippen molar-refractivity contribution >= 4 is 17.6 Å². The van der Waals surface area contributed by atoms with Gasteiger partial charge in [-0.2, -0.15) is 0 Å². The van der Waals surface area contributed by atoms with Gasteiger partial charge in [0.1, 0.15) is 17.2 Å². The number of benzene rings is 1. The van der Waals surface area contributed by atoms with Crippen molar-refractivity contribution in [2.24, 2.45) is 0 Å². The van der Waals surface area contributed by atoms with Gasteiger partial charge in [-0.15, -0.1) is 11.8 Å². The van der Waals surface area contributed by atoms with Crippen molar-refractivity contribution in [2.45, 2.75) is 10.8 Å². The average Bonchev–Trinajstić information content (AvgIpc) is 2.28. The fourth-order valence-electron chi connectivity index (χ4n) is 1.16. The third kappa shape index (κ3) is 2.95. The van der Waals surface area contributed by atoms with Crippen molar-refractivity contribution in [1.82, 2.24) is 9.97 Å². The molecule has 0 amide bonds. The van der Waals surface area contributed by atoms with Gasteiger partial charge in [0.2, 0.25) is 0 Å². The van der Waals surface area contributed by atoms with Crippen LogP contribution in [0.5, 0.6) is 0 Å². The second kappa shape index (κ2) is 4.79. The van der Waals surface area contributed by atoms with Crippen LogP contribution in [0.2, 0.25) is 0 Å². The summed E-state index contributed by atoms with van der Waals surface area (Å²) >= 11 is 1.66. The highest BCUT2D eigenvalue weighted by Gasteiger charge is 1.97. The molecule has 0 aliphatic rings. The number of hydrogen-bond acceptors (Lipinski definition) is 4. The Morgan fingerprint density at radius 2 is 1.93 bits per heavy atom. The minimum absolute atomic E-state index is 0.514. The molecule has 0 atom stereocenters. The predicted molar refractivity (Wildman–Crippen MR) is 62.4 cm³/mol. The van der Waals surface area contributed by atoms with Crippen molar-refractivity contribution in [1.29, 1.82) is 0 Å². The van der Waals surface area contributed by atoms with Crippen LogP contribution in [0.1, 0.15) is 5.56 Å². The lowest BCUT2D eigenvalue weighted by molar-refractivity contribution is 1.05. The fraction of sp³-hybridized carbons (Fsp3) is 0.0909. The van der Waals surface area contributed by atoms with Gasteiger partial charge in [-0.25, -0.2) is 9.97 Å². The Morgan fingerprint density at radius 3 is 2.67 bits per heavy atom. The quantitative estimate of drug-likeness (QED) is 0.633. The molecule has 15 heavy (non-hydrogen) atoms. The molecule has 1 heterocycles. The van der Waals surface area contributed by atoms with Gasteiger partial charge in [-0.1, -0.05) is 30.3 Å². The molecule has 0 bridgehead atoms. The van der Waals surface area contributed by atoms with Crippen molar-refractivity contribution in [3.8, 4) is 0 Å². The highest BCUT2D eigenvalue weighted by Crippen LogP contribution is 2.20. The van der Waals surface area contributed by atoms with E-state index in [-0.39, 0.29) is 0 Å². The third-order valence-corrected chi connectivity index (χ3v) is 2.89. The number of anilines is 1. The summed E-state index contributed by atoms with van der Waals surface area (Å²) in [5, 5.41) is 0.909. The first-order chi connectivity index (χ1) is 7.34. The molecular formula is C11H11N3S. The van der Waals surface area contributed by atoms with E-state index in [1.54, 1.807) is 17.8 Å². The maximum atomic E-state index is 5.56. The second-order valence-electron chi connectivity index (χ2n) is 3.06. The Morgan fingerprint density at radius 1 is 1.13 bits per heavy atom. The number of nitrogens with two attached hydrogens (primary N) is 1. The second-order valence-corrected chi connectivity index (χ2v) is 4.05. The molecule has 0 unspecified atom stereocenters. The fourth-order valence-corrected chi connectivity index (χ4v) is 2.00. The number of thioether (sulfide) groups is 1. The van der Waals surface area contributed by atoms with Crippen LogP contribution in [0, 0.1) is 0 Å². The van der Waals surface area contributed by atoms with E-state index in [4.69, 9.17) is 5.73 Å². The average molecular weight is 217 g/mol. The summed E-state index contributed by atoms with van der Waals surface area (Å²) < 4.78 is 0. The van der Waals surface area contributed by atoms with Crippen LogP contribution >= 0.6 is 11.8 Å². The SMILES string of the molecule is Nc1cc(SCc2ccccc2)ncn1. The predicted octanol–water partition coefficient (Wildman–Crippen LogP) is 2.35. The van der Waals surface area contributed by atoms with Crippen molar-refractivity contribution in [2.75, 3.05) is 5.73 Å². The van der Waals surface area contributed by atoms with Crippen LogP contribution in [0.3, 0.4) is 0 Å². The smallest absolute Gasteiger partial charge is 0.127 e. The zero-order valence-corrected chi connectivity index (χ0v) is 8.95. The normalized spacial score (nSPS) is 10.1. The van der Waals surface area contributed by atoms with Crippen LogP contribution in [-0.4, -0.2) is 9.97 Å². The lowest BCUT2D eigenvalue weighted by atomic mass is 10.2. The summed E-state index contributed by atoms with van der Waals surface area (Å²) in [6.07, 6.45) is 1.49. The van der Waals surface area contributed by atoms with E-state index in [2.05, 4.69) is 22.1 Å². The maximum absolute atomic E-state index is 5.56. The zero-order chi connectivity index (χ0) is 10.5. The summed E-state index contributed by atoms with van der Waals surface area (Å²) in [6, 6.07) is 12.0. The van der Waals surface area contributed by atoms with Crippen molar-refractivity contribution in [3.05, 3.63) is 48.3 Å². The molecule has 0 spiro atoms. The topological polar surface area (TPSA) is 51.8 Å². The number of nitrogen functional groups attached to an aromatic ring is 1. The summed E-state index contributed by atoms with van der Waals surface area (Å²) in [7, 11) is 0. The summed E-state index contributed by atoms with van der Waals surface area (Å²) in [6.45, 7) is 0. The van der Waals surface area contributed by atoms with Gasteiger partial charge in [-0.3, -0.25) is 0 Å². The largest absolute Gasteiger partial charge is 0.384 e. The highest BCUT2D eigenvalue weighted by molar-refractivity contribution is 7.98. The van der Waals surface area contributed by atoms with Crippen LogP contribution in [-0.2, 0) is 5.75 Å². The summed E-state index contributed by atoms with van der Waals surface area (Å²) in [5.41, 5.74) is 6.84. The monoisotopic (exact) mass is 217 g/mol. The molecule has 1 aromatic carbocycles. The molecule has 2 aromatic rings. The minimum Gasteiger partial charge on any atom is -0.384 e. The molecule has 0 aliphatic heterocycles. The minimum atomic E-state index is 0.514. The Labute approximate surface area is 92.8 Å². The first kappa shape index (κ1) is 9.98. The molecule has 0 saturated heterocycles. The number of rotatable bonds is 3. The van der Waals surface area contributed by atoms with Crippen molar-refractivity contribution in [3.63, 3.8) is 0 Å². The molecule has 0 radical (unpaired) electrons. The lowest BCUT2D eigenvalue weighted by Crippen LogP contribution is -1.91. The number of hydrogen-bond donors (Lipinski definition) is 1. The molecule has 2 N–H and O–H groups in total. The van der Waals surface area contributed by atoms with Crippen LogP contribution < -0.4 is 5.73 Å². The molecule has 1 aromatic heterocycles. The van der Waals surface area contributed by atoms with Gasteiger partial charge < -0.3 is 5.73 Å². The van der Waals surface area contributed by atoms with E-state index in [0.29, 0.717) is 5.82 Å². The van der Waals surface area contributed by atoms with Gasteiger partial charge in [0.05, 0.1) is 0 Å². The first-order valence-corrected chi connectivity index (χ1v) is 5.57. The van der Waals surface area contributed by atoms with E-state index in [9.17, 15) is 0 Å². The van der Waals surface area contributed by atoms with E-state index in [1.807, 2.05) is 18.2 Å². The molecule has 4 heteroatoms. The number of nitrogens with zero attached hydrogens (tertiary/aromatic N) is 2. The van der Waals surface area contributed by atoms with Crippen molar-refractivity contribution < 1.29 is 0 Å². The van der Waals surface area contributed by atoms with Crippen LogP contribution in [0.15, 0.2) is 47.8 Å². The Bertz CT molecular complexity index is 431. The Kier molecular flexibility index (Phi) is 3.19. The van der Waals surface area contributed by atoms with Crippen LogP contribution in [0.4, 0.5) is 5.82 Å². The Balaban J connectivity index is 1.99. The first-order valence-electron chi connectivity index (χ1n) is 4.59. The summed E-state index contributed by atoms with van der Waals surface area (Å²) in [5.74, 6) is 1.41. The lowest BCUT2D eigenvalue weighted by Gasteiger charge is -2.01. The molecule has 0 fully saturated rings. The van der Waals surface area contributed by atoms with Gasteiger partial charge in [0, 0.05) is 11.8 Å². The van der Waals surface area contributed by atoms with E-state index < -0.39 is 0 Å². The summed E-state index contributed by atoms with van der Waals surface area (Å²) in [4.78, 5) is 7.97. The molecule has 0 aliphatic carbocycles. The molecule has 3 nitrogen and oxygen atoms in total. The van der Waals surface area contributed by atoms with E-state index in [0.717, 1.165) is 10.8 Å². The molecule has 0 saturated carbocycles. The van der Waals surface area contributed by atoms with Gasteiger partial charge in [0.25, 0.3) is 0 Å². The molecule has 76 valence electrons. The van der Waals surface area contributed by atoms with Gasteiger partial charge in [-0.05, 0) is 5.56 Å². The zero-order valence-electron chi connectivity index (χ0n) is 8.13. The van der Waals surface area contributed by atoms with Gasteiger partial charge in [0.15, 0.2) is 0 Å². The standard InChI is InChI=1S/C11H11N3S/c12-10-6-11(14-8-13-10)15-7-9-4-2-1-3-5-9/h1-6,8H,7H2,(H2,12,13,14). The highest BCUT2D eigenvalue weighted by atomic mass is 32.2.